The molecule has 2 fully saturated rings. The first-order chi connectivity index (χ1) is 31.7. The Hall–Kier alpha value is -5.43. The minimum Gasteiger partial charge on any atom is -0.508 e. The van der Waals surface area contributed by atoms with Crippen molar-refractivity contribution in [3.05, 3.63) is 105 Å². The van der Waals surface area contributed by atoms with E-state index in [1.54, 1.807) is 19.2 Å². The number of carbonyl (C=O) groups is 1. The van der Waals surface area contributed by atoms with Crippen molar-refractivity contribution in [2.45, 2.75) is 100 Å². The molecule has 4 aromatic rings. The average Bonchev–Trinajstić information content (AvgIpc) is 4.01. The highest BCUT2D eigenvalue weighted by Crippen LogP contribution is 2.54. The zero-order valence-electron chi connectivity index (χ0n) is 36.6. The van der Waals surface area contributed by atoms with Crippen LogP contribution in [0.15, 0.2) is 92.4 Å². The lowest BCUT2D eigenvalue weighted by molar-refractivity contribution is -0.763. The predicted octanol–water partition coefficient (Wildman–Crippen LogP) is 2.75. The Morgan fingerprint density at radius 2 is 1.85 bits per heavy atom. The lowest BCUT2D eigenvalue weighted by Gasteiger charge is -2.49. The number of hydrogen-bond acceptors (Lipinski definition) is 14. The maximum atomic E-state index is 13.7. The fourth-order valence-corrected chi connectivity index (χ4v) is 11.7. The van der Waals surface area contributed by atoms with Crippen LogP contribution in [0.3, 0.4) is 0 Å². The molecule has 1 saturated heterocycles. The summed E-state index contributed by atoms with van der Waals surface area (Å²) in [4.78, 5) is 45.3. The SMILES string of the molecule is Cc1cc(=O)c2cc3c(c([NH+]4C=C5N=CC=C5C4)c2o1)OC1(CC=CC(C2CNC(=O)C24CCCCC4)C1)C(OOCC(O)(Cc1ccc(O)c2ccc(O)cc12)C(O)C(O)C(O)CO)C3. The fraction of sp³-hybridized carbons (Fsp3) is 0.460. The maximum Gasteiger partial charge on any atom is 0.226 e. The molecule has 16 heteroatoms. The molecule has 0 bridgehead atoms. The summed E-state index contributed by atoms with van der Waals surface area (Å²) in [5.74, 6) is 0.691. The Morgan fingerprint density at radius 3 is 2.64 bits per heavy atom. The van der Waals surface area contributed by atoms with E-state index in [9.17, 15) is 45.3 Å². The number of phenols is 2. The van der Waals surface area contributed by atoms with Crippen molar-refractivity contribution in [1.29, 1.82) is 0 Å². The maximum absolute atomic E-state index is 13.7. The lowest BCUT2D eigenvalue weighted by Crippen LogP contribution is -3.01. The molecule has 4 aliphatic heterocycles. The number of aliphatic hydroxyl groups is 5. The van der Waals surface area contributed by atoms with Crippen molar-refractivity contribution in [3.63, 3.8) is 0 Å². The van der Waals surface area contributed by atoms with Gasteiger partial charge >= 0.3 is 0 Å². The van der Waals surface area contributed by atoms with Crippen molar-refractivity contribution < 1.29 is 64.4 Å². The molecule has 1 amide bonds. The highest BCUT2D eigenvalue weighted by Gasteiger charge is 2.57. The molecule has 2 spiro atoms. The van der Waals surface area contributed by atoms with E-state index in [2.05, 4.69) is 22.5 Å². The van der Waals surface area contributed by atoms with Crippen LogP contribution in [-0.4, -0.2) is 110 Å². The number of allylic oxidation sites excluding steroid dienone is 2. The number of aromatic hydroxyl groups is 2. The van der Waals surface area contributed by atoms with Crippen LogP contribution in [-0.2, 0) is 27.4 Å². The van der Waals surface area contributed by atoms with E-state index in [0.29, 0.717) is 76.0 Å². The number of aliphatic hydroxyl groups excluding tert-OH is 4. The number of nitrogens with zero attached hydrogens (tertiary/aromatic N) is 1. The van der Waals surface area contributed by atoms with Crippen LogP contribution >= 0.6 is 0 Å². The third-order valence-electron chi connectivity index (χ3n) is 15.1. The number of hydrogen-bond donors (Lipinski definition) is 9. The van der Waals surface area contributed by atoms with Gasteiger partial charge in [-0.05, 0) is 85.4 Å². The first-order valence-corrected chi connectivity index (χ1v) is 22.9. The number of amides is 1. The minimum absolute atomic E-state index is 0.0283. The number of ether oxygens (including phenoxy) is 1. The molecule has 10 rings (SSSR count). The third kappa shape index (κ3) is 7.53. The molecule has 9 unspecified atom stereocenters. The normalized spacial score (nSPS) is 27.6. The van der Waals surface area contributed by atoms with Gasteiger partial charge in [0.1, 0.15) is 77.9 Å². The van der Waals surface area contributed by atoms with Crippen LogP contribution in [0, 0.1) is 24.2 Å². The molecule has 9 N–H and O–H groups in total. The summed E-state index contributed by atoms with van der Waals surface area (Å²) in [6.07, 6.45) is 8.15. The van der Waals surface area contributed by atoms with E-state index in [-0.39, 0.29) is 41.1 Å². The molecule has 3 aromatic carbocycles. The van der Waals surface area contributed by atoms with Gasteiger partial charge in [0.25, 0.3) is 0 Å². The van der Waals surface area contributed by atoms with Gasteiger partial charge in [-0.25, -0.2) is 9.78 Å². The van der Waals surface area contributed by atoms with Gasteiger partial charge in [-0.15, -0.1) is 0 Å². The molecule has 9 atom stereocenters. The number of fused-ring (bicyclic) bond motifs is 4. The molecule has 2 aliphatic carbocycles. The number of benzene rings is 3. The minimum atomic E-state index is -2.41. The van der Waals surface area contributed by atoms with Crippen LogP contribution in [0.2, 0.25) is 0 Å². The Kier molecular flexibility index (Phi) is 11.5. The number of carbonyl (C=O) groups excluding carboxylic acids is 1. The summed E-state index contributed by atoms with van der Waals surface area (Å²) in [6.45, 7) is 1.08. The molecule has 1 saturated carbocycles. The van der Waals surface area contributed by atoms with E-state index < -0.39 is 60.7 Å². The largest absolute Gasteiger partial charge is 0.508 e. The summed E-state index contributed by atoms with van der Waals surface area (Å²) in [5, 5.41) is 80.4. The van der Waals surface area contributed by atoms with E-state index in [1.165, 1.54) is 36.4 Å². The van der Waals surface area contributed by atoms with Crippen molar-refractivity contribution >= 4 is 39.6 Å². The highest BCUT2D eigenvalue weighted by atomic mass is 17.2. The topological polar surface area (TPSA) is 245 Å². The van der Waals surface area contributed by atoms with Crippen LogP contribution in [0.25, 0.3) is 21.7 Å². The van der Waals surface area contributed by atoms with Crippen LogP contribution < -0.4 is 20.4 Å². The molecule has 16 nitrogen and oxygen atoms in total. The zero-order valence-corrected chi connectivity index (χ0v) is 36.6. The van der Waals surface area contributed by atoms with Gasteiger partial charge in [0.15, 0.2) is 11.2 Å². The molecule has 6 aliphatic rings. The summed E-state index contributed by atoms with van der Waals surface area (Å²) < 4.78 is 13.8. The second-order valence-electron chi connectivity index (χ2n) is 19.2. The molecular formula is C50H56N3O13+. The quantitative estimate of drug-likeness (QED) is 0.0565. The third-order valence-corrected chi connectivity index (χ3v) is 15.1. The van der Waals surface area contributed by atoms with Gasteiger partial charge in [-0.2, -0.15) is 0 Å². The molecule has 0 radical (unpaired) electrons. The molecule has 1 aromatic heterocycles. The monoisotopic (exact) mass is 906 g/mol. The average molecular weight is 907 g/mol. The van der Waals surface area contributed by atoms with Crippen LogP contribution in [0.1, 0.15) is 61.8 Å². The molecule has 348 valence electrons. The Morgan fingerprint density at radius 1 is 1.03 bits per heavy atom. The van der Waals surface area contributed by atoms with Crippen molar-refractivity contribution in [2.75, 3.05) is 26.3 Å². The first-order valence-electron chi connectivity index (χ1n) is 22.9. The van der Waals surface area contributed by atoms with Gasteiger partial charge < -0.3 is 50.2 Å². The second-order valence-corrected chi connectivity index (χ2v) is 19.2. The number of quaternary nitrogens is 1. The number of aliphatic imine (C=N–C) groups is 1. The van der Waals surface area contributed by atoms with E-state index in [4.69, 9.17) is 18.9 Å². The lowest BCUT2D eigenvalue weighted by atomic mass is 9.60. The van der Waals surface area contributed by atoms with Gasteiger partial charge in [0.2, 0.25) is 17.2 Å². The highest BCUT2D eigenvalue weighted by molar-refractivity contribution is 5.92. The van der Waals surface area contributed by atoms with Crippen LogP contribution in [0.5, 0.6) is 17.2 Å². The van der Waals surface area contributed by atoms with Crippen LogP contribution in [0.4, 0.5) is 5.69 Å². The summed E-state index contributed by atoms with van der Waals surface area (Å²) in [7, 11) is 0. The van der Waals surface area contributed by atoms with E-state index in [1.807, 2.05) is 12.3 Å². The van der Waals surface area contributed by atoms with Gasteiger partial charge in [0, 0.05) is 54.6 Å². The van der Waals surface area contributed by atoms with Crippen molar-refractivity contribution in [1.82, 2.24) is 5.32 Å². The second kappa shape index (κ2) is 17.0. The number of phenolic OH excluding ortho intramolecular Hbond substituents is 2. The number of nitrogens with one attached hydrogen (secondary N) is 2. The van der Waals surface area contributed by atoms with Gasteiger partial charge in [0.05, 0.1) is 17.4 Å². The molecular weight excluding hydrogens is 851 g/mol. The predicted molar refractivity (Wildman–Crippen MR) is 240 cm³/mol. The standard InChI is InChI=1S/C50H55N3O13/c1-27-16-39(57)35-17-31-18-41(66-63-26-49(62,46(60)43(59)40(58)25-54)20-28-7-10-38(56)33-9-8-32(55)19-34(28)33)50(65-44(31)42(45(35)64-27)53-23-30-11-15-51-37(30)24-53)14-5-6-29(21-50)36-22-52-47(61)48(36)12-3-2-4-13-48/h5-11,15-17,19,24,29,36,40-41,43,46,54-56,58-60,62H,2-4,12-14,18,20-23,25-26H2,1H3,(H,52,61)/p+1. The summed E-state index contributed by atoms with van der Waals surface area (Å²) in [5.41, 5.74) is -0.416. The van der Waals surface area contributed by atoms with E-state index in [0.717, 1.165) is 48.3 Å². The Balaban J connectivity index is 1.04. The fourth-order valence-electron chi connectivity index (χ4n) is 11.7. The first kappa shape index (κ1) is 44.4. The van der Waals surface area contributed by atoms with Gasteiger partial charge in [-0.1, -0.05) is 37.5 Å². The molecule has 66 heavy (non-hydrogen) atoms. The number of rotatable bonds is 12. The Labute approximate surface area is 379 Å². The van der Waals surface area contributed by atoms with Gasteiger partial charge in [-0.3, -0.25) is 19.5 Å². The zero-order chi connectivity index (χ0) is 46.1. The number of aryl methyl sites for hydroxylation is 1. The van der Waals surface area contributed by atoms with Crippen molar-refractivity contribution in [2.24, 2.45) is 22.2 Å². The molecule has 5 heterocycles. The Bertz CT molecular complexity index is 2780. The summed E-state index contributed by atoms with van der Waals surface area (Å²) >= 11 is 0. The van der Waals surface area contributed by atoms with Crippen molar-refractivity contribution in [3.8, 4) is 17.2 Å². The summed E-state index contributed by atoms with van der Waals surface area (Å²) in [6, 6.07) is 10.4. The smallest absolute Gasteiger partial charge is 0.226 e. The van der Waals surface area contributed by atoms with E-state index >= 15 is 0 Å².